The van der Waals surface area contributed by atoms with Crippen molar-refractivity contribution in [1.82, 2.24) is 25.8 Å². The molecule has 16 heteroatoms. The number of unbranched alkanes of at least 4 members (excludes halogenated alkanes) is 7. The van der Waals surface area contributed by atoms with E-state index in [-0.39, 0.29) is 67.3 Å². The van der Waals surface area contributed by atoms with E-state index in [2.05, 4.69) is 31.6 Å². The number of anilines is 3. The van der Waals surface area contributed by atoms with Crippen molar-refractivity contribution in [1.29, 1.82) is 0 Å². The van der Waals surface area contributed by atoms with Gasteiger partial charge in [0.2, 0.25) is 11.8 Å². The minimum absolute atomic E-state index is 0.0293. The van der Waals surface area contributed by atoms with E-state index >= 15 is 0 Å². The summed E-state index contributed by atoms with van der Waals surface area (Å²) < 4.78 is 23.6. The van der Waals surface area contributed by atoms with Gasteiger partial charge in [-0.05, 0) is 55.7 Å². The van der Waals surface area contributed by atoms with Crippen LogP contribution >= 0.6 is 12.4 Å². The number of rotatable bonds is 21. The zero-order valence-corrected chi connectivity index (χ0v) is 33.2. The number of amides is 5. The van der Waals surface area contributed by atoms with Gasteiger partial charge in [0, 0.05) is 61.1 Å². The number of carbonyl (C=O) groups excluding carboxylic acids is 5. The summed E-state index contributed by atoms with van der Waals surface area (Å²) in [6.45, 7) is 1.05. The Labute approximate surface area is 340 Å². The van der Waals surface area contributed by atoms with Gasteiger partial charge in [0.25, 0.3) is 30.2 Å². The van der Waals surface area contributed by atoms with Gasteiger partial charge in [-0.15, -0.1) is 3.89 Å². The Kier molecular flexibility index (Phi) is 14.7. The molecule has 5 N–H and O–H groups in total. The molecular weight excluding hydrogens is 766 g/mol. The van der Waals surface area contributed by atoms with Crippen molar-refractivity contribution in [3.8, 4) is 11.5 Å². The quantitative estimate of drug-likeness (QED) is 0.0342. The molecule has 0 spiro atoms. The van der Waals surface area contributed by atoms with Gasteiger partial charge in [-0.1, -0.05) is 56.7 Å². The third-order valence-corrected chi connectivity index (χ3v) is 10.5. The first-order valence-corrected chi connectivity index (χ1v) is 20.3. The summed E-state index contributed by atoms with van der Waals surface area (Å²) in [5.74, 6) is -1.74. The van der Waals surface area contributed by atoms with Gasteiger partial charge in [0.15, 0.2) is 6.61 Å². The number of imide groups is 1. The lowest BCUT2D eigenvalue weighted by Crippen LogP contribution is -2.52. The molecule has 0 radical (unpaired) electrons. The summed E-state index contributed by atoms with van der Waals surface area (Å²) in [6.07, 6.45) is 10.3. The van der Waals surface area contributed by atoms with Crippen molar-refractivity contribution in [3.05, 3.63) is 83.6 Å². The number of nitrogens with zero attached hydrogens (tertiary/aromatic N) is 2. The predicted molar refractivity (Wildman–Crippen MR) is 221 cm³/mol. The summed E-state index contributed by atoms with van der Waals surface area (Å²) in [5, 5.41) is 15.6. The van der Waals surface area contributed by atoms with Gasteiger partial charge in [-0.25, -0.2) is 0 Å². The fraction of sp³-hybridized carbons (Fsp3) is 0.381. The predicted octanol–water partition coefficient (Wildman–Crippen LogP) is 6.74. The zero-order chi connectivity index (χ0) is 40.9. The van der Waals surface area contributed by atoms with Crippen molar-refractivity contribution in [2.24, 2.45) is 0 Å². The average molecular weight is 814 g/mol. The summed E-state index contributed by atoms with van der Waals surface area (Å²) >= 11 is -0.386. The first kappa shape index (κ1) is 41.7. The molecule has 14 nitrogen and oxygen atoms in total. The second-order valence-corrected chi connectivity index (χ2v) is 14.5. The van der Waals surface area contributed by atoms with Crippen LogP contribution in [-0.2, 0) is 20.9 Å². The Bertz CT molecular complexity index is 2120. The first-order chi connectivity index (χ1) is 28.2. The van der Waals surface area contributed by atoms with Crippen LogP contribution in [0.25, 0.3) is 10.9 Å². The number of nitrogens with one attached hydrogen (secondary N) is 5. The van der Waals surface area contributed by atoms with Crippen LogP contribution in [0.2, 0.25) is 0 Å². The number of piperidine rings is 1. The summed E-state index contributed by atoms with van der Waals surface area (Å²) in [7, 11) is 1.61. The summed E-state index contributed by atoms with van der Waals surface area (Å²) in [4.78, 5) is 68.4. The Morgan fingerprint density at radius 1 is 0.931 bits per heavy atom. The van der Waals surface area contributed by atoms with Crippen LogP contribution in [0.1, 0.15) is 90.5 Å². The Balaban J connectivity index is 0.860. The lowest BCUT2D eigenvalue weighted by atomic mass is 10.0. The SMILES string of the molecule is CNC(=O)c1cnc2ccc(NCCCCCCCCCCNC(=O)COc3cc(OSF)cc4c3CN(C3CCC(=O)NC3=O)C4=O)cc2c1Nc1ccccc1. The molecule has 2 aliphatic heterocycles. The van der Waals surface area contributed by atoms with Crippen molar-refractivity contribution in [2.75, 3.05) is 37.4 Å². The summed E-state index contributed by atoms with van der Waals surface area (Å²) in [5.41, 5.74) is 4.48. The van der Waals surface area contributed by atoms with E-state index in [1.54, 1.807) is 13.2 Å². The highest BCUT2D eigenvalue weighted by Gasteiger charge is 2.40. The number of carbonyl (C=O) groups is 5. The van der Waals surface area contributed by atoms with Crippen LogP contribution in [0.5, 0.6) is 11.5 Å². The molecule has 1 atom stereocenters. The second-order valence-electron chi connectivity index (χ2n) is 14.2. The molecule has 0 bridgehead atoms. The monoisotopic (exact) mass is 813 g/mol. The van der Waals surface area contributed by atoms with E-state index in [0.717, 1.165) is 80.2 Å². The van der Waals surface area contributed by atoms with Crippen LogP contribution in [0.4, 0.5) is 20.9 Å². The molecule has 3 aromatic carbocycles. The second kappa shape index (κ2) is 20.5. The van der Waals surface area contributed by atoms with E-state index in [9.17, 15) is 27.9 Å². The maximum Gasteiger partial charge on any atom is 0.272 e. The first-order valence-electron chi connectivity index (χ1n) is 19.6. The number of hydrogen-bond donors (Lipinski definition) is 5. The largest absolute Gasteiger partial charge is 0.483 e. The van der Waals surface area contributed by atoms with Gasteiger partial charge < -0.3 is 35.1 Å². The number of hydrogen-bond acceptors (Lipinski definition) is 11. The molecule has 4 aromatic rings. The van der Waals surface area contributed by atoms with Crippen LogP contribution in [0, 0.1) is 0 Å². The highest BCUT2D eigenvalue weighted by molar-refractivity contribution is 7.89. The van der Waals surface area contributed by atoms with Crippen LogP contribution in [0.3, 0.4) is 0 Å². The number of fused-ring (bicyclic) bond motifs is 2. The Hall–Kier alpha value is -5.90. The molecule has 306 valence electrons. The lowest BCUT2D eigenvalue weighted by Gasteiger charge is -2.29. The maximum atomic E-state index is 13.2. The van der Waals surface area contributed by atoms with E-state index in [1.807, 2.05) is 48.5 Å². The normalized spacial score (nSPS) is 14.8. The number of halogens is 1. The van der Waals surface area contributed by atoms with Gasteiger partial charge in [-0.3, -0.25) is 34.3 Å². The number of benzene rings is 3. The maximum absolute atomic E-state index is 13.2. The topological polar surface area (TPSA) is 180 Å². The van der Waals surface area contributed by atoms with Crippen molar-refractivity contribution in [3.63, 3.8) is 0 Å². The third kappa shape index (κ3) is 10.7. The Morgan fingerprint density at radius 2 is 1.67 bits per heavy atom. The minimum atomic E-state index is -0.830. The van der Waals surface area contributed by atoms with Crippen molar-refractivity contribution >= 4 is 69.9 Å². The molecule has 1 fully saturated rings. The van der Waals surface area contributed by atoms with Crippen LogP contribution in [0.15, 0.2) is 66.9 Å². The molecule has 0 aliphatic carbocycles. The summed E-state index contributed by atoms with van der Waals surface area (Å²) in [6, 6.07) is 17.7. The third-order valence-electron chi connectivity index (χ3n) is 10.2. The molecule has 3 heterocycles. The molecule has 5 amide bonds. The van der Waals surface area contributed by atoms with Crippen LogP contribution < -0.4 is 35.5 Å². The fourth-order valence-corrected chi connectivity index (χ4v) is 7.36. The minimum Gasteiger partial charge on any atom is -0.483 e. The number of pyridine rings is 1. The highest BCUT2D eigenvalue weighted by atomic mass is 32.2. The average Bonchev–Trinajstić information content (AvgIpc) is 3.56. The molecule has 0 saturated carbocycles. The highest BCUT2D eigenvalue weighted by Crippen LogP contribution is 2.38. The standard InChI is InChI=1S/C42H48FN7O7S/c1-44-40(53)32-24-47-34-16-15-28(21-31(34)39(32)48-27-13-9-8-10-14-27)45-19-11-6-4-2-3-5-7-12-20-46-38(52)26-56-36-23-29(57-58-43)22-30-33(36)25-50(42(30)55)35-17-18-37(51)49-41(35)54/h8-10,13-16,21-24,35,45H,2-7,11-12,17-20,25-26H2,1H3,(H,44,53)(H,46,52)(H,47,48)(H,49,51,54). The van der Waals surface area contributed by atoms with E-state index < -0.39 is 23.8 Å². The fourth-order valence-electron chi connectivity index (χ4n) is 7.19. The van der Waals surface area contributed by atoms with Gasteiger partial charge in [0.1, 0.15) is 17.5 Å². The van der Waals surface area contributed by atoms with E-state index in [0.29, 0.717) is 23.4 Å². The molecule has 1 unspecified atom stereocenters. The molecule has 1 aromatic heterocycles. The molecule has 2 aliphatic rings. The zero-order valence-electron chi connectivity index (χ0n) is 32.4. The molecule has 1 saturated heterocycles. The van der Waals surface area contributed by atoms with Gasteiger partial charge in [0.05, 0.1) is 28.9 Å². The number of para-hydroxylation sites is 1. The molecule has 58 heavy (non-hydrogen) atoms. The van der Waals surface area contributed by atoms with Crippen LogP contribution in [-0.4, -0.2) is 72.2 Å². The molecule has 6 rings (SSSR count). The number of aromatic nitrogens is 1. The molecular formula is C42H48FN7O7S. The van der Waals surface area contributed by atoms with E-state index in [1.165, 1.54) is 17.0 Å². The lowest BCUT2D eigenvalue weighted by molar-refractivity contribution is -0.137. The smallest absolute Gasteiger partial charge is 0.272 e. The van der Waals surface area contributed by atoms with Gasteiger partial charge >= 0.3 is 0 Å². The van der Waals surface area contributed by atoms with Crippen molar-refractivity contribution < 1.29 is 36.8 Å². The Morgan fingerprint density at radius 3 is 2.40 bits per heavy atom. The van der Waals surface area contributed by atoms with Crippen molar-refractivity contribution in [2.45, 2.75) is 76.8 Å². The van der Waals surface area contributed by atoms with E-state index in [4.69, 9.17) is 8.92 Å². The number of ether oxygens (including phenoxy) is 1. The van der Waals surface area contributed by atoms with Gasteiger partial charge in [-0.2, -0.15) is 0 Å².